The Labute approximate surface area is 99.8 Å². The predicted octanol–water partition coefficient (Wildman–Crippen LogP) is 3.06. The molecule has 1 heterocycles. The lowest BCUT2D eigenvalue weighted by Gasteiger charge is -2.09. The summed E-state index contributed by atoms with van der Waals surface area (Å²) in [5, 5.41) is 9.14. The van der Waals surface area contributed by atoms with Crippen LogP contribution in [0.1, 0.15) is 21.5 Å². The summed E-state index contributed by atoms with van der Waals surface area (Å²) in [4.78, 5) is 15.4. The van der Waals surface area contributed by atoms with Gasteiger partial charge in [-0.05, 0) is 49.2 Å². The molecule has 0 saturated heterocycles. The maximum atomic E-state index is 11.1. The summed E-state index contributed by atoms with van der Waals surface area (Å²) in [6.45, 7) is 3.70. The van der Waals surface area contributed by atoms with Gasteiger partial charge in [0.05, 0.1) is 11.3 Å². The minimum Gasteiger partial charge on any atom is -0.478 e. The van der Waals surface area contributed by atoms with Crippen molar-refractivity contribution in [1.82, 2.24) is 4.98 Å². The Morgan fingerprint density at radius 1 is 1.24 bits per heavy atom. The molecule has 0 unspecified atom stereocenters. The van der Waals surface area contributed by atoms with E-state index in [1.165, 1.54) is 0 Å². The fourth-order valence-electron chi connectivity index (χ4n) is 1.87. The van der Waals surface area contributed by atoms with Gasteiger partial charge in [-0.15, -0.1) is 0 Å². The first kappa shape index (κ1) is 11.3. The van der Waals surface area contributed by atoms with Gasteiger partial charge >= 0.3 is 5.97 Å². The minimum absolute atomic E-state index is 0.339. The molecule has 1 aromatic carbocycles. The van der Waals surface area contributed by atoms with Crippen molar-refractivity contribution >= 4 is 5.97 Å². The van der Waals surface area contributed by atoms with Gasteiger partial charge in [0.2, 0.25) is 0 Å². The first-order chi connectivity index (χ1) is 8.09. The largest absolute Gasteiger partial charge is 0.478 e. The maximum absolute atomic E-state index is 11.1. The number of nitrogens with zero attached hydrogens (tertiary/aromatic N) is 1. The number of aromatic carboxylic acids is 1. The smallest absolute Gasteiger partial charge is 0.335 e. The molecule has 0 radical (unpaired) electrons. The van der Waals surface area contributed by atoms with E-state index >= 15 is 0 Å². The lowest BCUT2D eigenvalue weighted by atomic mass is 9.97. The van der Waals surface area contributed by atoms with Gasteiger partial charge in [-0.25, -0.2) is 4.79 Å². The van der Waals surface area contributed by atoms with Crippen LogP contribution in [0.3, 0.4) is 0 Å². The van der Waals surface area contributed by atoms with Gasteiger partial charge < -0.3 is 5.11 Å². The third-order valence-electron chi connectivity index (χ3n) is 2.72. The summed E-state index contributed by atoms with van der Waals surface area (Å²) in [5.74, 6) is -0.900. The first-order valence-electron chi connectivity index (χ1n) is 5.35. The number of carboxylic acids is 1. The third-order valence-corrected chi connectivity index (χ3v) is 2.72. The predicted molar refractivity (Wildman–Crippen MR) is 66.1 cm³/mol. The zero-order valence-corrected chi connectivity index (χ0v) is 9.77. The zero-order valence-electron chi connectivity index (χ0n) is 9.77. The highest BCUT2D eigenvalue weighted by Crippen LogP contribution is 2.25. The fourth-order valence-corrected chi connectivity index (χ4v) is 1.87. The fraction of sp³-hybridized carbons (Fsp3) is 0.143. The van der Waals surface area contributed by atoms with Crippen LogP contribution in [0.2, 0.25) is 0 Å². The van der Waals surface area contributed by atoms with Crippen molar-refractivity contribution in [3.05, 3.63) is 53.2 Å². The monoisotopic (exact) mass is 227 g/mol. The normalized spacial score (nSPS) is 10.2. The minimum atomic E-state index is -0.900. The van der Waals surface area contributed by atoms with Crippen molar-refractivity contribution < 1.29 is 9.90 Å². The Balaban J connectivity index is 2.67. The molecule has 0 spiro atoms. The van der Waals surface area contributed by atoms with E-state index in [1.54, 1.807) is 12.3 Å². The van der Waals surface area contributed by atoms with Gasteiger partial charge in [-0.3, -0.25) is 4.98 Å². The highest BCUT2D eigenvalue weighted by Gasteiger charge is 2.13. The van der Waals surface area contributed by atoms with Crippen LogP contribution in [0.15, 0.2) is 36.5 Å². The highest BCUT2D eigenvalue weighted by atomic mass is 16.4. The Morgan fingerprint density at radius 3 is 2.59 bits per heavy atom. The molecule has 0 aliphatic carbocycles. The molecule has 3 nitrogen and oxygen atoms in total. The van der Waals surface area contributed by atoms with Crippen LogP contribution in [-0.4, -0.2) is 16.1 Å². The molecule has 0 fully saturated rings. The molecule has 17 heavy (non-hydrogen) atoms. The summed E-state index contributed by atoms with van der Waals surface area (Å²) in [5.41, 5.74) is 3.69. The second-order valence-electron chi connectivity index (χ2n) is 4.01. The lowest BCUT2D eigenvalue weighted by molar-refractivity contribution is 0.0696. The molecule has 0 amide bonds. The molecule has 86 valence electrons. The summed E-state index contributed by atoms with van der Waals surface area (Å²) in [6.07, 6.45) is 1.71. The SMILES string of the molecule is Cc1cc(C(=O)O)c(C)c(-c2ccccn2)c1. The molecule has 0 aliphatic heterocycles. The number of carboxylic acid groups (broad SMARTS) is 1. The van der Waals surface area contributed by atoms with E-state index in [-0.39, 0.29) is 0 Å². The number of pyridine rings is 1. The molecule has 1 aromatic heterocycles. The summed E-state index contributed by atoms with van der Waals surface area (Å²) in [6, 6.07) is 9.26. The molecule has 1 N–H and O–H groups in total. The van der Waals surface area contributed by atoms with E-state index in [4.69, 9.17) is 5.11 Å². The van der Waals surface area contributed by atoms with Gasteiger partial charge in [0.1, 0.15) is 0 Å². The Kier molecular flexibility index (Phi) is 2.91. The van der Waals surface area contributed by atoms with Gasteiger partial charge in [0.25, 0.3) is 0 Å². The first-order valence-corrected chi connectivity index (χ1v) is 5.35. The van der Waals surface area contributed by atoms with E-state index < -0.39 is 5.97 Å². The van der Waals surface area contributed by atoms with Crippen LogP contribution in [0, 0.1) is 13.8 Å². The number of rotatable bonds is 2. The van der Waals surface area contributed by atoms with Crippen LogP contribution in [0.4, 0.5) is 0 Å². The Hall–Kier alpha value is -2.16. The average Bonchev–Trinajstić information content (AvgIpc) is 2.32. The number of aryl methyl sites for hydroxylation is 1. The van der Waals surface area contributed by atoms with Crippen molar-refractivity contribution in [2.24, 2.45) is 0 Å². The number of hydrogen-bond acceptors (Lipinski definition) is 2. The number of hydrogen-bond donors (Lipinski definition) is 1. The number of carbonyl (C=O) groups is 1. The molecular weight excluding hydrogens is 214 g/mol. The molecule has 0 saturated carbocycles. The van der Waals surface area contributed by atoms with Crippen molar-refractivity contribution in [2.75, 3.05) is 0 Å². The summed E-state index contributed by atoms with van der Waals surface area (Å²) in [7, 11) is 0. The topological polar surface area (TPSA) is 50.2 Å². The van der Waals surface area contributed by atoms with E-state index in [9.17, 15) is 4.79 Å². The van der Waals surface area contributed by atoms with Crippen LogP contribution in [-0.2, 0) is 0 Å². The van der Waals surface area contributed by atoms with Crippen LogP contribution < -0.4 is 0 Å². The molecule has 0 aliphatic rings. The summed E-state index contributed by atoms with van der Waals surface area (Å²) >= 11 is 0. The Bertz CT molecular complexity index is 562. The molecule has 2 aromatic rings. The van der Waals surface area contributed by atoms with E-state index in [2.05, 4.69) is 4.98 Å². The van der Waals surface area contributed by atoms with Crippen LogP contribution in [0.25, 0.3) is 11.3 Å². The molecule has 0 atom stereocenters. The molecule has 3 heteroatoms. The maximum Gasteiger partial charge on any atom is 0.335 e. The van der Waals surface area contributed by atoms with Gasteiger partial charge in [0.15, 0.2) is 0 Å². The Morgan fingerprint density at radius 2 is 2.00 bits per heavy atom. The van der Waals surface area contributed by atoms with Gasteiger partial charge in [-0.2, -0.15) is 0 Å². The van der Waals surface area contributed by atoms with Crippen molar-refractivity contribution in [1.29, 1.82) is 0 Å². The lowest BCUT2D eigenvalue weighted by Crippen LogP contribution is -2.02. The average molecular weight is 227 g/mol. The zero-order chi connectivity index (χ0) is 12.4. The second-order valence-corrected chi connectivity index (χ2v) is 4.01. The van der Waals surface area contributed by atoms with E-state index in [0.717, 1.165) is 22.4 Å². The molecular formula is C14H13NO2. The highest BCUT2D eigenvalue weighted by molar-refractivity contribution is 5.92. The third kappa shape index (κ3) is 2.18. The van der Waals surface area contributed by atoms with Crippen LogP contribution in [0.5, 0.6) is 0 Å². The summed E-state index contributed by atoms with van der Waals surface area (Å²) < 4.78 is 0. The number of aromatic nitrogens is 1. The van der Waals surface area contributed by atoms with E-state index in [1.807, 2.05) is 38.1 Å². The number of benzene rings is 1. The van der Waals surface area contributed by atoms with Crippen molar-refractivity contribution in [2.45, 2.75) is 13.8 Å². The van der Waals surface area contributed by atoms with Gasteiger partial charge in [0, 0.05) is 11.8 Å². The van der Waals surface area contributed by atoms with E-state index in [0.29, 0.717) is 5.56 Å². The van der Waals surface area contributed by atoms with Gasteiger partial charge in [-0.1, -0.05) is 6.07 Å². The standard InChI is InChI=1S/C14H13NO2/c1-9-7-11(13-5-3-4-6-15-13)10(2)12(8-9)14(16)17/h3-8H,1-2H3,(H,16,17). The van der Waals surface area contributed by atoms with Crippen molar-refractivity contribution in [3.8, 4) is 11.3 Å². The molecule has 2 rings (SSSR count). The van der Waals surface area contributed by atoms with Crippen molar-refractivity contribution in [3.63, 3.8) is 0 Å². The second kappa shape index (κ2) is 4.37. The van der Waals surface area contributed by atoms with Crippen LogP contribution >= 0.6 is 0 Å². The quantitative estimate of drug-likeness (QED) is 0.857. The molecule has 0 bridgehead atoms.